The van der Waals surface area contributed by atoms with Crippen LogP contribution in [0.3, 0.4) is 0 Å². The van der Waals surface area contributed by atoms with Gasteiger partial charge in [0.25, 0.3) is 0 Å². The molecule has 0 unspecified atom stereocenters. The topological polar surface area (TPSA) is 36.7 Å². The van der Waals surface area contributed by atoms with Gasteiger partial charge in [0.2, 0.25) is 0 Å². The van der Waals surface area contributed by atoms with Gasteiger partial charge in [-0.2, -0.15) is 5.26 Å². The number of hydrogen-bond donors (Lipinski definition) is 0. The third kappa shape index (κ3) is 2.92. The summed E-state index contributed by atoms with van der Waals surface area (Å²) in [4.78, 5) is 4.11. The number of nitrogens with zero attached hydrogens (tertiary/aromatic N) is 2. The lowest BCUT2D eigenvalue weighted by Crippen LogP contribution is -1.92. The van der Waals surface area contributed by atoms with E-state index in [4.69, 9.17) is 5.26 Å². The van der Waals surface area contributed by atoms with Crippen molar-refractivity contribution in [3.05, 3.63) is 63.4 Å². The van der Waals surface area contributed by atoms with E-state index in [0.717, 1.165) is 16.5 Å². The predicted octanol–water partition coefficient (Wildman–Crippen LogP) is 3.62. The van der Waals surface area contributed by atoms with Crippen molar-refractivity contribution in [3.8, 4) is 6.07 Å². The predicted molar refractivity (Wildman–Crippen MR) is 70.6 cm³/mol. The minimum absolute atomic E-state index is 0.429. The highest BCUT2D eigenvalue weighted by molar-refractivity contribution is 9.10. The first-order valence-electron chi connectivity index (χ1n) is 5.29. The SMILES string of the molecule is Cc1cccc(Cc2cnc(C#N)c(Br)c2)c1. The second kappa shape index (κ2) is 5.11. The standard InChI is InChI=1S/C14H11BrN2/c1-10-3-2-4-11(5-10)6-12-7-13(15)14(8-16)17-9-12/h2-5,7,9H,6H2,1H3. The normalized spacial score (nSPS) is 9.94. The van der Waals surface area contributed by atoms with E-state index >= 15 is 0 Å². The Morgan fingerprint density at radius 2 is 2.12 bits per heavy atom. The van der Waals surface area contributed by atoms with Gasteiger partial charge in [0.15, 0.2) is 5.69 Å². The molecule has 0 spiro atoms. The van der Waals surface area contributed by atoms with Crippen LogP contribution in [0.5, 0.6) is 0 Å². The Kier molecular flexibility index (Phi) is 3.55. The van der Waals surface area contributed by atoms with E-state index < -0.39 is 0 Å². The van der Waals surface area contributed by atoms with Gasteiger partial charge in [-0.05, 0) is 46.5 Å². The molecule has 1 aromatic carbocycles. The molecule has 0 atom stereocenters. The Bertz CT molecular complexity index is 585. The van der Waals surface area contributed by atoms with Crippen LogP contribution in [0.25, 0.3) is 0 Å². The number of nitriles is 1. The summed E-state index contributed by atoms with van der Waals surface area (Å²) >= 11 is 3.35. The van der Waals surface area contributed by atoms with Gasteiger partial charge in [-0.15, -0.1) is 0 Å². The number of hydrogen-bond acceptors (Lipinski definition) is 2. The Hall–Kier alpha value is -1.66. The minimum Gasteiger partial charge on any atom is -0.244 e. The molecule has 1 heterocycles. The highest BCUT2D eigenvalue weighted by atomic mass is 79.9. The van der Waals surface area contributed by atoms with Crippen LogP contribution in [0.2, 0.25) is 0 Å². The van der Waals surface area contributed by atoms with Crippen molar-refractivity contribution in [2.75, 3.05) is 0 Å². The van der Waals surface area contributed by atoms with E-state index in [1.165, 1.54) is 11.1 Å². The molecule has 1 aromatic heterocycles. The maximum absolute atomic E-state index is 8.79. The number of aryl methyl sites for hydroxylation is 1. The maximum atomic E-state index is 8.79. The molecule has 2 aromatic rings. The van der Waals surface area contributed by atoms with Gasteiger partial charge in [0, 0.05) is 6.20 Å². The molecule has 0 aliphatic rings. The number of rotatable bonds is 2. The average molecular weight is 287 g/mol. The van der Waals surface area contributed by atoms with E-state index in [0.29, 0.717) is 5.69 Å². The van der Waals surface area contributed by atoms with Crippen molar-refractivity contribution < 1.29 is 0 Å². The number of pyridine rings is 1. The second-order valence-electron chi connectivity index (χ2n) is 3.95. The van der Waals surface area contributed by atoms with Crippen molar-refractivity contribution in [2.45, 2.75) is 13.3 Å². The molecule has 0 saturated carbocycles. The molecule has 0 fully saturated rings. The van der Waals surface area contributed by atoms with Gasteiger partial charge in [0.1, 0.15) is 6.07 Å². The van der Waals surface area contributed by atoms with Crippen molar-refractivity contribution in [3.63, 3.8) is 0 Å². The van der Waals surface area contributed by atoms with Gasteiger partial charge >= 0.3 is 0 Å². The third-order valence-corrected chi connectivity index (χ3v) is 3.10. The fraction of sp³-hybridized carbons (Fsp3) is 0.143. The minimum atomic E-state index is 0.429. The van der Waals surface area contributed by atoms with Gasteiger partial charge in [-0.1, -0.05) is 29.8 Å². The van der Waals surface area contributed by atoms with Crippen molar-refractivity contribution in [2.24, 2.45) is 0 Å². The Morgan fingerprint density at radius 1 is 1.29 bits per heavy atom. The van der Waals surface area contributed by atoms with E-state index in [1.807, 2.05) is 12.1 Å². The van der Waals surface area contributed by atoms with Crippen molar-refractivity contribution >= 4 is 15.9 Å². The first kappa shape index (κ1) is 11.8. The summed E-state index contributed by atoms with van der Waals surface area (Å²) in [6.45, 7) is 2.08. The molecule has 84 valence electrons. The van der Waals surface area contributed by atoms with E-state index in [2.05, 4.69) is 52.1 Å². The lowest BCUT2D eigenvalue weighted by Gasteiger charge is -2.04. The van der Waals surface area contributed by atoms with Crippen LogP contribution in [-0.2, 0) is 6.42 Å². The summed E-state index contributed by atoms with van der Waals surface area (Å²) in [5, 5.41) is 8.79. The lowest BCUT2D eigenvalue weighted by atomic mass is 10.0. The summed E-state index contributed by atoms with van der Waals surface area (Å²) in [5.74, 6) is 0. The Balaban J connectivity index is 2.25. The zero-order chi connectivity index (χ0) is 12.3. The van der Waals surface area contributed by atoms with Crippen LogP contribution in [0.15, 0.2) is 41.0 Å². The van der Waals surface area contributed by atoms with Crippen LogP contribution in [0, 0.1) is 18.3 Å². The monoisotopic (exact) mass is 286 g/mol. The summed E-state index contributed by atoms with van der Waals surface area (Å²) in [5.41, 5.74) is 4.03. The van der Waals surface area contributed by atoms with Crippen LogP contribution >= 0.6 is 15.9 Å². The molecule has 0 aliphatic heterocycles. The van der Waals surface area contributed by atoms with E-state index in [-0.39, 0.29) is 0 Å². The smallest absolute Gasteiger partial charge is 0.154 e. The molecule has 0 bridgehead atoms. The molecule has 2 nitrogen and oxygen atoms in total. The lowest BCUT2D eigenvalue weighted by molar-refractivity contribution is 1.12. The number of benzene rings is 1. The van der Waals surface area contributed by atoms with Crippen molar-refractivity contribution in [1.29, 1.82) is 5.26 Å². The zero-order valence-electron chi connectivity index (χ0n) is 9.44. The largest absolute Gasteiger partial charge is 0.244 e. The molecule has 0 saturated heterocycles. The Labute approximate surface area is 109 Å². The highest BCUT2D eigenvalue weighted by Gasteiger charge is 2.03. The second-order valence-corrected chi connectivity index (χ2v) is 4.81. The van der Waals surface area contributed by atoms with Crippen LogP contribution < -0.4 is 0 Å². The first-order valence-corrected chi connectivity index (χ1v) is 6.08. The van der Waals surface area contributed by atoms with E-state index in [9.17, 15) is 0 Å². The van der Waals surface area contributed by atoms with E-state index in [1.54, 1.807) is 6.20 Å². The molecule has 0 N–H and O–H groups in total. The molecule has 3 heteroatoms. The first-order chi connectivity index (χ1) is 8.19. The summed E-state index contributed by atoms with van der Waals surface area (Å²) in [6.07, 6.45) is 2.59. The average Bonchev–Trinajstić information content (AvgIpc) is 2.29. The van der Waals surface area contributed by atoms with Crippen LogP contribution in [0.4, 0.5) is 0 Å². The quantitative estimate of drug-likeness (QED) is 0.846. The summed E-state index contributed by atoms with van der Waals surface area (Å²) in [6, 6.07) is 12.4. The molecule has 17 heavy (non-hydrogen) atoms. The fourth-order valence-corrected chi connectivity index (χ4v) is 2.20. The molecular formula is C14H11BrN2. The van der Waals surface area contributed by atoms with Crippen LogP contribution in [0.1, 0.15) is 22.4 Å². The highest BCUT2D eigenvalue weighted by Crippen LogP contribution is 2.18. The maximum Gasteiger partial charge on any atom is 0.154 e. The van der Waals surface area contributed by atoms with Gasteiger partial charge in [0.05, 0.1) is 4.47 Å². The van der Waals surface area contributed by atoms with Gasteiger partial charge in [-0.3, -0.25) is 0 Å². The molecule has 0 radical (unpaired) electrons. The van der Waals surface area contributed by atoms with Crippen LogP contribution in [-0.4, -0.2) is 4.98 Å². The van der Waals surface area contributed by atoms with Gasteiger partial charge in [-0.25, -0.2) is 4.98 Å². The number of halogens is 1. The summed E-state index contributed by atoms with van der Waals surface area (Å²) < 4.78 is 0.755. The third-order valence-electron chi connectivity index (χ3n) is 2.49. The zero-order valence-corrected chi connectivity index (χ0v) is 11.0. The Morgan fingerprint density at radius 3 is 2.76 bits per heavy atom. The molecular weight excluding hydrogens is 276 g/mol. The van der Waals surface area contributed by atoms with Gasteiger partial charge < -0.3 is 0 Å². The molecule has 2 rings (SSSR count). The van der Waals surface area contributed by atoms with Crippen molar-refractivity contribution in [1.82, 2.24) is 4.98 Å². The molecule has 0 aliphatic carbocycles. The fourth-order valence-electron chi connectivity index (χ4n) is 1.71. The number of aromatic nitrogens is 1. The summed E-state index contributed by atoms with van der Waals surface area (Å²) in [7, 11) is 0. The molecule has 0 amide bonds.